The molecule has 0 amide bonds. The average molecular weight is 246 g/mol. The molecule has 0 atom stereocenters. The first-order valence-corrected chi connectivity index (χ1v) is 7.30. The molecule has 1 saturated carbocycles. The van der Waals surface area contributed by atoms with Crippen molar-refractivity contribution in [1.29, 1.82) is 0 Å². The van der Waals surface area contributed by atoms with E-state index in [-0.39, 0.29) is 0 Å². The van der Waals surface area contributed by atoms with E-state index >= 15 is 0 Å². The Kier molecular flexibility index (Phi) is 4.11. The van der Waals surface area contributed by atoms with E-state index in [1.165, 1.54) is 36.0 Å². The second-order valence-corrected chi connectivity index (χ2v) is 6.25. The molecule has 1 aromatic carbocycles. The molecule has 0 radical (unpaired) electrons. The number of rotatable bonds is 3. The van der Waals surface area contributed by atoms with Gasteiger partial charge in [-0.3, -0.25) is 0 Å². The minimum absolute atomic E-state index is 0.452. The molecule has 0 spiro atoms. The van der Waals surface area contributed by atoms with Crippen LogP contribution in [0.15, 0.2) is 18.2 Å². The molecule has 0 unspecified atom stereocenters. The van der Waals surface area contributed by atoms with Gasteiger partial charge in [0, 0.05) is 6.42 Å². The molecule has 1 fully saturated rings. The maximum atomic E-state index is 10.7. The van der Waals surface area contributed by atoms with Crippen molar-refractivity contribution in [2.75, 3.05) is 0 Å². The van der Waals surface area contributed by atoms with Gasteiger partial charge in [0.1, 0.15) is 0 Å². The molecule has 1 aromatic rings. The molecule has 1 aliphatic rings. The van der Waals surface area contributed by atoms with Crippen molar-refractivity contribution in [1.82, 2.24) is 0 Å². The van der Waals surface area contributed by atoms with Gasteiger partial charge in [-0.25, -0.2) is 0 Å². The number of aryl methyl sites for hydroxylation is 2. The Labute approximate surface area is 111 Å². The first kappa shape index (κ1) is 13.6. The average Bonchev–Trinajstić information content (AvgIpc) is 2.28. The number of aliphatic hydroxyl groups is 1. The Hall–Kier alpha value is -0.820. The molecular formula is C17H26O. The molecule has 1 heteroatoms. The van der Waals surface area contributed by atoms with Gasteiger partial charge in [-0.05, 0) is 51.0 Å². The van der Waals surface area contributed by atoms with Gasteiger partial charge in [-0.2, -0.15) is 0 Å². The highest BCUT2D eigenvalue weighted by Crippen LogP contribution is 2.35. The van der Waals surface area contributed by atoms with Crippen LogP contribution in [-0.4, -0.2) is 10.7 Å². The molecule has 1 N–H and O–H groups in total. The van der Waals surface area contributed by atoms with Crippen LogP contribution in [-0.2, 0) is 6.42 Å². The zero-order valence-electron chi connectivity index (χ0n) is 12.0. The monoisotopic (exact) mass is 246 g/mol. The second-order valence-electron chi connectivity index (χ2n) is 6.25. The van der Waals surface area contributed by atoms with Gasteiger partial charge >= 0.3 is 0 Å². The van der Waals surface area contributed by atoms with Crippen molar-refractivity contribution in [2.24, 2.45) is 5.92 Å². The summed E-state index contributed by atoms with van der Waals surface area (Å²) in [7, 11) is 0. The lowest BCUT2D eigenvalue weighted by atomic mass is 9.75. The second kappa shape index (κ2) is 5.44. The maximum Gasteiger partial charge on any atom is 0.0688 e. The van der Waals surface area contributed by atoms with E-state index in [4.69, 9.17) is 0 Å². The van der Waals surface area contributed by atoms with Crippen molar-refractivity contribution < 1.29 is 5.11 Å². The summed E-state index contributed by atoms with van der Waals surface area (Å²) in [6.07, 6.45) is 6.41. The van der Waals surface area contributed by atoms with E-state index in [0.717, 1.165) is 25.2 Å². The molecule has 0 aromatic heterocycles. The van der Waals surface area contributed by atoms with Crippen LogP contribution < -0.4 is 0 Å². The predicted octanol–water partition coefficient (Wildman–Crippen LogP) is 4.18. The highest BCUT2D eigenvalue weighted by atomic mass is 16.3. The molecular weight excluding hydrogens is 220 g/mol. The topological polar surface area (TPSA) is 20.2 Å². The van der Waals surface area contributed by atoms with Gasteiger partial charge in [0.25, 0.3) is 0 Å². The smallest absolute Gasteiger partial charge is 0.0688 e. The quantitative estimate of drug-likeness (QED) is 0.848. The number of hydrogen-bond donors (Lipinski definition) is 1. The summed E-state index contributed by atoms with van der Waals surface area (Å²) in [6, 6.07) is 6.63. The van der Waals surface area contributed by atoms with Crippen molar-refractivity contribution in [2.45, 2.75) is 64.9 Å². The lowest BCUT2D eigenvalue weighted by Crippen LogP contribution is -2.36. The third-order valence-corrected chi connectivity index (χ3v) is 4.43. The number of hydrogen-bond acceptors (Lipinski definition) is 1. The summed E-state index contributed by atoms with van der Waals surface area (Å²) in [5.74, 6) is 0.838. The fourth-order valence-corrected chi connectivity index (χ4v) is 3.35. The van der Waals surface area contributed by atoms with Gasteiger partial charge in [-0.1, -0.05) is 42.7 Å². The van der Waals surface area contributed by atoms with Crippen molar-refractivity contribution in [3.63, 3.8) is 0 Å². The fraction of sp³-hybridized carbons (Fsp3) is 0.647. The van der Waals surface area contributed by atoms with Crippen LogP contribution >= 0.6 is 0 Å². The molecule has 0 bridgehead atoms. The third-order valence-electron chi connectivity index (χ3n) is 4.43. The van der Waals surface area contributed by atoms with E-state index in [1.807, 2.05) is 0 Å². The van der Waals surface area contributed by atoms with Crippen LogP contribution in [0.5, 0.6) is 0 Å². The molecule has 0 saturated heterocycles. The maximum absolute atomic E-state index is 10.7. The van der Waals surface area contributed by atoms with Crippen LogP contribution in [0.1, 0.15) is 55.7 Å². The Morgan fingerprint density at radius 1 is 1.11 bits per heavy atom. The minimum Gasteiger partial charge on any atom is -0.390 e. The molecule has 1 aliphatic carbocycles. The summed E-state index contributed by atoms with van der Waals surface area (Å²) in [6.45, 7) is 6.53. The van der Waals surface area contributed by atoms with E-state index in [0.29, 0.717) is 0 Å². The molecule has 0 aliphatic heterocycles. The van der Waals surface area contributed by atoms with Gasteiger partial charge in [0.2, 0.25) is 0 Å². The molecule has 2 rings (SSSR count). The van der Waals surface area contributed by atoms with Crippen LogP contribution in [0.3, 0.4) is 0 Å². The zero-order chi connectivity index (χ0) is 13.2. The molecule has 18 heavy (non-hydrogen) atoms. The first-order chi connectivity index (χ1) is 8.50. The van der Waals surface area contributed by atoms with Gasteiger partial charge in [0.15, 0.2) is 0 Å². The lowest BCUT2D eigenvalue weighted by molar-refractivity contribution is -0.00922. The largest absolute Gasteiger partial charge is 0.390 e. The van der Waals surface area contributed by atoms with E-state index in [2.05, 4.69) is 39.0 Å². The van der Waals surface area contributed by atoms with Gasteiger partial charge in [-0.15, -0.1) is 0 Å². The summed E-state index contributed by atoms with van der Waals surface area (Å²) in [4.78, 5) is 0. The fourth-order valence-electron chi connectivity index (χ4n) is 3.35. The van der Waals surface area contributed by atoms with E-state index < -0.39 is 5.60 Å². The standard InChI is InChI=1S/C17H26O/c1-4-15-5-7-17(18,8-6-15)12-16-10-13(2)9-14(3)11-16/h9-11,15,18H,4-8,12H2,1-3H3. The van der Waals surface area contributed by atoms with Crippen LogP contribution in [0.25, 0.3) is 0 Å². The van der Waals surface area contributed by atoms with E-state index in [9.17, 15) is 5.11 Å². The summed E-state index contributed by atoms with van der Waals surface area (Å²) < 4.78 is 0. The summed E-state index contributed by atoms with van der Waals surface area (Å²) in [5.41, 5.74) is 3.45. The SMILES string of the molecule is CCC1CCC(O)(Cc2cc(C)cc(C)c2)CC1. The van der Waals surface area contributed by atoms with Crippen LogP contribution in [0.4, 0.5) is 0 Å². The Morgan fingerprint density at radius 2 is 1.67 bits per heavy atom. The molecule has 100 valence electrons. The van der Waals surface area contributed by atoms with Crippen LogP contribution in [0, 0.1) is 19.8 Å². The summed E-state index contributed by atoms with van der Waals surface area (Å²) >= 11 is 0. The Balaban J connectivity index is 2.04. The highest BCUT2D eigenvalue weighted by Gasteiger charge is 2.32. The van der Waals surface area contributed by atoms with Gasteiger partial charge in [0.05, 0.1) is 5.60 Å². The number of benzene rings is 1. The third kappa shape index (κ3) is 3.35. The molecule has 0 heterocycles. The normalized spacial score (nSPS) is 28.3. The minimum atomic E-state index is -0.452. The highest BCUT2D eigenvalue weighted by molar-refractivity contribution is 5.29. The van der Waals surface area contributed by atoms with Gasteiger partial charge < -0.3 is 5.11 Å². The van der Waals surface area contributed by atoms with Crippen LogP contribution in [0.2, 0.25) is 0 Å². The lowest BCUT2D eigenvalue weighted by Gasteiger charge is -2.36. The summed E-state index contributed by atoms with van der Waals surface area (Å²) in [5, 5.41) is 10.7. The van der Waals surface area contributed by atoms with Crippen molar-refractivity contribution in [3.8, 4) is 0 Å². The molecule has 1 nitrogen and oxygen atoms in total. The van der Waals surface area contributed by atoms with Crippen molar-refractivity contribution >= 4 is 0 Å². The van der Waals surface area contributed by atoms with Crippen molar-refractivity contribution in [3.05, 3.63) is 34.9 Å². The Bertz CT molecular complexity index is 380. The predicted molar refractivity (Wildman–Crippen MR) is 76.8 cm³/mol. The Morgan fingerprint density at radius 3 is 2.17 bits per heavy atom. The zero-order valence-corrected chi connectivity index (χ0v) is 12.0. The first-order valence-electron chi connectivity index (χ1n) is 7.30. The van der Waals surface area contributed by atoms with E-state index in [1.54, 1.807) is 0 Å².